The van der Waals surface area contributed by atoms with Crippen LogP contribution in [0.3, 0.4) is 0 Å². The third-order valence-corrected chi connectivity index (χ3v) is 5.20. The fourth-order valence-corrected chi connectivity index (χ4v) is 4.12. The molecule has 0 aliphatic carbocycles. The molecule has 0 aromatic heterocycles. The van der Waals surface area contributed by atoms with Gasteiger partial charge in [-0.3, -0.25) is 0 Å². The Hall–Kier alpha value is -2.31. The minimum absolute atomic E-state index is 0. The first kappa shape index (κ1) is 18.5. The standard InChI is InChI=1S/C24H20B.Ag/c1-5-13-21(14-6-1)25(22-15-7-2-8-16-22,23-17-9-3-10-18-23)24-19-11-4-12-20-24;/h1-20H;/q-1;+1. The molecule has 0 saturated carbocycles. The summed E-state index contributed by atoms with van der Waals surface area (Å²) in [4.78, 5) is 0. The van der Waals surface area contributed by atoms with E-state index in [2.05, 4.69) is 121 Å². The molecule has 0 saturated heterocycles. The van der Waals surface area contributed by atoms with Gasteiger partial charge in [0, 0.05) is 0 Å². The van der Waals surface area contributed by atoms with Gasteiger partial charge in [0.1, 0.15) is 6.15 Å². The van der Waals surface area contributed by atoms with E-state index >= 15 is 0 Å². The van der Waals surface area contributed by atoms with E-state index in [0.717, 1.165) is 0 Å². The van der Waals surface area contributed by atoms with E-state index in [1.807, 2.05) is 0 Å². The molecule has 0 aliphatic rings. The average Bonchev–Trinajstić information content (AvgIpc) is 2.72. The second kappa shape index (κ2) is 8.38. The molecule has 0 N–H and O–H groups in total. The maximum Gasteiger partial charge on any atom is 1.00 e. The van der Waals surface area contributed by atoms with Crippen LogP contribution in [0.25, 0.3) is 0 Å². The molecular weight excluding hydrogens is 407 g/mol. The van der Waals surface area contributed by atoms with Gasteiger partial charge in [-0.1, -0.05) is 121 Å². The van der Waals surface area contributed by atoms with E-state index in [1.165, 1.54) is 21.9 Å². The second-order valence-corrected chi connectivity index (χ2v) is 6.51. The van der Waals surface area contributed by atoms with Crippen molar-refractivity contribution in [1.29, 1.82) is 0 Å². The molecule has 4 rings (SSSR count). The zero-order valence-corrected chi connectivity index (χ0v) is 15.9. The van der Waals surface area contributed by atoms with E-state index < -0.39 is 6.15 Å². The quantitative estimate of drug-likeness (QED) is 0.440. The minimum Gasteiger partial charge on any atom is -0.195 e. The predicted octanol–water partition coefficient (Wildman–Crippen LogP) is 3.06. The molecule has 2 heteroatoms. The van der Waals surface area contributed by atoms with Gasteiger partial charge in [0.2, 0.25) is 0 Å². The Morgan fingerprint density at radius 1 is 0.308 bits per heavy atom. The van der Waals surface area contributed by atoms with Crippen LogP contribution < -0.4 is 21.9 Å². The van der Waals surface area contributed by atoms with E-state index in [1.54, 1.807) is 0 Å². The molecule has 0 spiro atoms. The maximum atomic E-state index is 2.26. The van der Waals surface area contributed by atoms with Gasteiger partial charge in [-0.25, -0.2) is 0 Å². The molecule has 0 heterocycles. The van der Waals surface area contributed by atoms with Crippen molar-refractivity contribution in [2.75, 3.05) is 0 Å². The van der Waals surface area contributed by atoms with Crippen molar-refractivity contribution in [3.8, 4) is 0 Å². The van der Waals surface area contributed by atoms with Gasteiger partial charge in [-0.2, -0.15) is 21.9 Å². The van der Waals surface area contributed by atoms with Crippen LogP contribution in [-0.2, 0) is 22.4 Å². The third kappa shape index (κ3) is 3.22. The van der Waals surface area contributed by atoms with Crippen molar-refractivity contribution in [3.05, 3.63) is 121 Å². The summed E-state index contributed by atoms with van der Waals surface area (Å²) in [5.41, 5.74) is 5.36. The van der Waals surface area contributed by atoms with E-state index in [0.29, 0.717) is 0 Å². The van der Waals surface area contributed by atoms with Crippen molar-refractivity contribution < 1.29 is 22.4 Å². The fraction of sp³-hybridized carbons (Fsp3) is 0. The first-order valence-corrected chi connectivity index (χ1v) is 8.80. The van der Waals surface area contributed by atoms with Gasteiger partial charge in [0.05, 0.1) is 0 Å². The summed E-state index contributed by atoms with van der Waals surface area (Å²) in [6.45, 7) is 0. The van der Waals surface area contributed by atoms with Crippen molar-refractivity contribution in [2.45, 2.75) is 0 Å². The summed E-state index contributed by atoms with van der Waals surface area (Å²) in [7, 11) is 0. The summed E-state index contributed by atoms with van der Waals surface area (Å²) in [5.74, 6) is 0. The Kier molecular flexibility index (Phi) is 5.95. The average molecular weight is 427 g/mol. The SMILES string of the molecule is [Ag+].c1ccc([B-](c2ccccc2)(c2ccccc2)c2ccccc2)cc1. The number of hydrogen-bond acceptors (Lipinski definition) is 0. The van der Waals surface area contributed by atoms with Crippen LogP contribution in [0.5, 0.6) is 0 Å². The second-order valence-electron chi connectivity index (χ2n) is 6.51. The summed E-state index contributed by atoms with van der Waals surface area (Å²) >= 11 is 0. The predicted molar refractivity (Wildman–Crippen MR) is 110 cm³/mol. The Bertz CT molecular complexity index is 759. The molecule has 0 fully saturated rings. The molecule has 4 aromatic carbocycles. The van der Waals surface area contributed by atoms with Crippen LogP contribution in [0.15, 0.2) is 121 Å². The van der Waals surface area contributed by atoms with Crippen LogP contribution >= 0.6 is 0 Å². The Morgan fingerprint density at radius 3 is 0.692 bits per heavy atom. The Balaban J connectivity index is 0.00000196. The number of benzene rings is 4. The number of rotatable bonds is 4. The van der Waals surface area contributed by atoms with Crippen LogP contribution in [0.2, 0.25) is 0 Å². The maximum absolute atomic E-state index is 2.26. The van der Waals surface area contributed by atoms with Gasteiger partial charge >= 0.3 is 22.4 Å². The summed E-state index contributed by atoms with van der Waals surface area (Å²) < 4.78 is 0. The van der Waals surface area contributed by atoms with Gasteiger partial charge < -0.3 is 0 Å². The Labute approximate surface area is 171 Å². The first-order chi connectivity index (χ1) is 12.4. The molecule has 0 nitrogen and oxygen atoms in total. The van der Waals surface area contributed by atoms with Gasteiger partial charge in [0.25, 0.3) is 0 Å². The molecule has 4 aromatic rings. The topological polar surface area (TPSA) is 0 Å². The fourth-order valence-electron chi connectivity index (χ4n) is 4.12. The Morgan fingerprint density at radius 2 is 0.500 bits per heavy atom. The van der Waals surface area contributed by atoms with Crippen molar-refractivity contribution >= 4 is 28.0 Å². The van der Waals surface area contributed by atoms with Gasteiger partial charge in [-0.05, 0) is 0 Å². The van der Waals surface area contributed by atoms with Crippen LogP contribution in [-0.4, -0.2) is 6.15 Å². The molecule has 0 amide bonds. The zero-order chi connectivity index (χ0) is 17.0. The van der Waals surface area contributed by atoms with E-state index in [4.69, 9.17) is 0 Å². The zero-order valence-electron chi connectivity index (χ0n) is 14.4. The number of hydrogen-bond donors (Lipinski definition) is 0. The summed E-state index contributed by atoms with van der Waals surface area (Å²) in [6, 6.07) is 43.5. The molecule has 0 aliphatic heterocycles. The molecule has 26 heavy (non-hydrogen) atoms. The third-order valence-electron chi connectivity index (χ3n) is 5.20. The molecule has 0 unspecified atom stereocenters. The largest absolute Gasteiger partial charge is 1.00 e. The molecule has 130 valence electrons. The first-order valence-electron chi connectivity index (χ1n) is 8.80. The van der Waals surface area contributed by atoms with Gasteiger partial charge in [-0.15, -0.1) is 0 Å². The van der Waals surface area contributed by atoms with E-state index in [9.17, 15) is 0 Å². The molecule has 0 radical (unpaired) electrons. The van der Waals surface area contributed by atoms with E-state index in [-0.39, 0.29) is 22.4 Å². The van der Waals surface area contributed by atoms with Crippen molar-refractivity contribution in [3.63, 3.8) is 0 Å². The van der Waals surface area contributed by atoms with Gasteiger partial charge in [0.15, 0.2) is 0 Å². The van der Waals surface area contributed by atoms with Crippen LogP contribution in [0.1, 0.15) is 0 Å². The smallest absolute Gasteiger partial charge is 0.195 e. The summed E-state index contributed by atoms with van der Waals surface area (Å²) in [6.07, 6.45) is -1.22. The van der Waals surface area contributed by atoms with Crippen LogP contribution in [0, 0.1) is 0 Å². The normalized spacial score (nSPS) is 10.8. The molecule has 0 atom stereocenters. The van der Waals surface area contributed by atoms with Crippen molar-refractivity contribution in [2.24, 2.45) is 0 Å². The monoisotopic (exact) mass is 426 g/mol. The molecular formula is C24H20AgB. The molecule has 0 bridgehead atoms. The minimum atomic E-state index is -1.22. The van der Waals surface area contributed by atoms with Crippen LogP contribution in [0.4, 0.5) is 0 Å². The van der Waals surface area contributed by atoms with Crippen molar-refractivity contribution in [1.82, 2.24) is 0 Å². The summed E-state index contributed by atoms with van der Waals surface area (Å²) in [5, 5.41) is 0.